The summed E-state index contributed by atoms with van der Waals surface area (Å²) < 4.78 is 124. The molecule has 0 spiro atoms. The fraction of sp³-hybridized carbons (Fsp3) is 0.833. The second-order valence-corrected chi connectivity index (χ2v) is 4.09. The lowest BCUT2D eigenvalue weighted by Gasteiger charge is -2.33. The summed E-state index contributed by atoms with van der Waals surface area (Å²) in [5.41, 5.74) is 0. The minimum Gasteiger partial charge on any atom is -0.477 e. The van der Waals surface area contributed by atoms with Crippen LogP contribution in [0.4, 0.5) is 48.6 Å². The van der Waals surface area contributed by atoms with Crippen molar-refractivity contribution in [3.63, 3.8) is 0 Å². The summed E-state index contributed by atoms with van der Waals surface area (Å²) in [5, 5.41) is 7.93. The highest BCUT2D eigenvalue weighted by atomic mass is 79.9. The van der Waals surface area contributed by atoms with Gasteiger partial charge in [-0.25, -0.2) is 4.79 Å². The van der Waals surface area contributed by atoms with Crippen molar-refractivity contribution in [2.24, 2.45) is 0 Å². The molecule has 21 heavy (non-hydrogen) atoms. The highest BCUT2D eigenvalue weighted by Crippen LogP contribution is 2.51. The van der Waals surface area contributed by atoms with Gasteiger partial charge in [0.05, 0.1) is 0 Å². The van der Waals surface area contributed by atoms with E-state index in [2.05, 4.69) is 0 Å². The predicted molar refractivity (Wildman–Crippen MR) is 44.9 cm³/mol. The van der Waals surface area contributed by atoms with E-state index in [1.165, 1.54) is 0 Å². The van der Waals surface area contributed by atoms with Crippen molar-refractivity contribution < 1.29 is 63.2 Å². The van der Waals surface area contributed by atoms with Gasteiger partial charge in [-0.1, -0.05) is 0 Å². The molecule has 1 atom stereocenters. The average Bonchev–Trinajstić information content (AvgIpc) is 2.12. The molecule has 1 N–H and O–H groups in total. The summed E-state index contributed by atoms with van der Waals surface area (Å²) in [5.74, 6) is -16.6. The largest absolute Gasteiger partial charge is 0.477 e. The number of carboxylic acid groups (broad SMARTS) is 1. The van der Waals surface area contributed by atoms with Gasteiger partial charge in [-0.3, -0.25) is 9.44 Å². The summed E-state index contributed by atoms with van der Waals surface area (Å²) in [6.45, 7) is 0. The molecule has 0 bridgehead atoms. The standard InChI is InChI=1S/C6HBrF10O3.FH/c7-4(11,12)2(8,1(18)19)20-6(16,17)3(9,10)5(13,14)15;/h(H,18,19);1H. The van der Waals surface area contributed by atoms with E-state index in [1.807, 2.05) is 4.74 Å². The van der Waals surface area contributed by atoms with E-state index in [1.54, 1.807) is 0 Å². The molecule has 0 amide bonds. The third-order valence-electron chi connectivity index (χ3n) is 1.63. The van der Waals surface area contributed by atoms with Gasteiger partial charge in [0.2, 0.25) is 0 Å². The Bertz CT molecular complexity index is 388. The first-order chi connectivity index (χ1) is 8.40. The maximum absolute atomic E-state index is 13.0. The number of hydrogen-bond donors (Lipinski definition) is 1. The quantitative estimate of drug-likeness (QED) is 0.555. The molecule has 0 saturated carbocycles. The molecular weight excluding hydrogens is 409 g/mol. The van der Waals surface area contributed by atoms with Crippen molar-refractivity contribution >= 4 is 21.9 Å². The van der Waals surface area contributed by atoms with E-state index in [-0.39, 0.29) is 4.70 Å². The first-order valence-corrected chi connectivity index (χ1v) is 4.71. The van der Waals surface area contributed by atoms with Crippen molar-refractivity contribution in [3.05, 3.63) is 0 Å². The van der Waals surface area contributed by atoms with Gasteiger partial charge in [0.15, 0.2) is 0 Å². The first-order valence-electron chi connectivity index (χ1n) is 3.91. The smallest absolute Gasteiger partial charge is 0.462 e. The number of alkyl halides is 11. The topological polar surface area (TPSA) is 46.5 Å². The minimum absolute atomic E-state index is 0. The van der Waals surface area contributed by atoms with Crippen LogP contribution in [-0.2, 0) is 9.53 Å². The van der Waals surface area contributed by atoms with Crippen molar-refractivity contribution in [1.82, 2.24) is 0 Å². The number of carboxylic acids is 1. The molecule has 0 heterocycles. The number of ether oxygens (including phenoxy) is 1. The molecule has 15 heteroatoms. The third-order valence-corrected chi connectivity index (χ3v) is 2.14. The number of halogens is 12. The highest BCUT2D eigenvalue weighted by molar-refractivity contribution is 9.10. The van der Waals surface area contributed by atoms with E-state index in [4.69, 9.17) is 5.11 Å². The van der Waals surface area contributed by atoms with E-state index in [0.29, 0.717) is 0 Å². The molecule has 0 rings (SSSR count). The minimum atomic E-state index is -7.12. The summed E-state index contributed by atoms with van der Waals surface area (Å²) in [6.07, 6.45) is -13.9. The van der Waals surface area contributed by atoms with Gasteiger partial charge in [0, 0.05) is 0 Å². The summed E-state index contributed by atoms with van der Waals surface area (Å²) in [7, 11) is 0. The Kier molecular flexibility index (Phi) is 6.12. The van der Waals surface area contributed by atoms with E-state index >= 15 is 0 Å². The number of rotatable bonds is 5. The van der Waals surface area contributed by atoms with Gasteiger partial charge in [-0.05, 0) is 15.9 Å². The molecule has 3 nitrogen and oxygen atoms in total. The Labute approximate surface area is 115 Å². The SMILES string of the molecule is F.O=C(O)C(F)(OC(F)(F)C(F)(F)C(F)(F)F)C(F)(F)Br. The maximum Gasteiger partial charge on any atom is 0.462 e. The van der Waals surface area contributed by atoms with Crippen molar-refractivity contribution in [2.75, 3.05) is 0 Å². The monoisotopic (exact) mass is 410 g/mol. The molecule has 0 fully saturated rings. The number of carbonyl (C=O) groups is 1. The van der Waals surface area contributed by atoms with Crippen LogP contribution in [0.3, 0.4) is 0 Å². The lowest BCUT2D eigenvalue weighted by molar-refractivity contribution is -0.459. The molecule has 1 unspecified atom stereocenters. The molecular formula is C6H2BrF11O3. The van der Waals surface area contributed by atoms with Gasteiger partial charge in [0.25, 0.3) is 0 Å². The van der Waals surface area contributed by atoms with Crippen LogP contribution in [0.1, 0.15) is 0 Å². The second-order valence-electron chi connectivity index (χ2n) is 3.09. The van der Waals surface area contributed by atoms with Crippen molar-refractivity contribution in [3.8, 4) is 0 Å². The fourth-order valence-corrected chi connectivity index (χ4v) is 0.879. The lowest BCUT2D eigenvalue weighted by Crippen LogP contribution is -2.61. The zero-order valence-corrected chi connectivity index (χ0v) is 10.4. The Morgan fingerprint density at radius 2 is 1.24 bits per heavy atom. The van der Waals surface area contributed by atoms with Crippen LogP contribution in [0.5, 0.6) is 0 Å². The predicted octanol–water partition coefficient (Wildman–Crippen LogP) is 3.68. The molecule has 0 aliphatic heterocycles. The van der Waals surface area contributed by atoms with Gasteiger partial charge in [-0.15, -0.1) is 0 Å². The summed E-state index contributed by atoms with van der Waals surface area (Å²) in [6, 6.07) is 0. The average molecular weight is 411 g/mol. The van der Waals surface area contributed by atoms with Crippen LogP contribution in [-0.4, -0.2) is 40.0 Å². The molecule has 0 saturated heterocycles. The van der Waals surface area contributed by atoms with Crippen LogP contribution in [0.25, 0.3) is 0 Å². The zero-order chi connectivity index (χ0) is 16.8. The normalized spacial score (nSPS) is 16.9. The van der Waals surface area contributed by atoms with E-state index in [9.17, 15) is 48.7 Å². The Morgan fingerprint density at radius 1 is 0.905 bits per heavy atom. The molecule has 0 aromatic carbocycles. The third kappa shape index (κ3) is 3.87. The van der Waals surface area contributed by atoms with Crippen LogP contribution in [0, 0.1) is 0 Å². The van der Waals surface area contributed by atoms with Gasteiger partial charge in [-0.2, -0.15) is 43.9 Å². The molecule has 128 valence electrons. The molecule has 0 aliphatic carbocycles. The Hall–Kier alpha value is -0.860. The maximum atomic E-state index is 13.0. The Morgan fingerprint density at radius 3 is 1.43 bits per heavy atom. The summed E-state index contributed by atoms with van der Waals surface area (Å²) in [4.78, 5) is 4.52. The molecule has 0 aromatic rings. The molecule has 0 aliphatic rings. The van der Waals surface area contributed by atoms with Gasteiger partial charge >= 0.3 is 34.9 Å². The number of aliphatic carboxylic acids is 1. The van der Waals surface area contributed by atoms with Crippen LogP contribution < -0.4 is 0 Å². The fourth-order valence-electron chi connectivity index (χ4n) is 0.628. The second kappa shape index (κ2) is 5.73. The molecule has 0 aromatic heterocycles. The van der Waals surface area contributed by atoms with Crippen LogP contribution in [0.15, 0.2) is 0 Å². The van der Waals surface area contributed by atoms with Crippen molar-refractivity contribution in [2.45, 2.75) is 28.9 Å². The zero-order valence-electron chi connectivity index (χ0n) is 8.83. The van der Waals surface area contributed by atoms with E-state index < -0.39 is 34.9 Å². The highest BCUT2D eigenvalue weighted by Gasteiger charge is 2.79. The molecule has 0 radical (unpaired) electrons. The van der Waals surface area contributed by atoms with Crippen molar-refractivity contribution in [1.29, 1.82) is 0 Å². The van der Waals surface area contributed by atoms with Gasteiger partial charge < -0.3 is 5.11 Å². The van der Waals surface area contributed by atoms with E-state index in [0.717, 1.165) is 15.9 Å². The van der Waals surface area contributed by atoms with Crippen LogP contribution in [0.2, 0.25) is 0 Å². The Balaban J connectivity index is 0. The van der Waals surface area contributed by atoms with Gasteiger partial charge in [0.1, 0.15) is 0 Å². The first kappa shape index (κ1) is 22.4. The summed E-state index contributed by atoms with van der Waals surface area (Å²) >= 11 is 0.898. The number of hydrogen-bond acceptors (Lipinski definition) is 2. The lowest BCUT2D eigenvalue weighted by atomic mass is 10.2. The van der Waals surface area contributed by atoms with Crippen LogP contribution >= 0.6 is 15.9 Å².